The Bertz CT molecular complexity index is 818. The zero-order valence-electron chi connectivity index (χ0n) is 26.0. The predicted molar refractivity (Wildman–Crippen MR) is 164 cm³/mol. The van der Waals surface area contributed by atoms with Crippen LogP contribution in [0.5, 0.6) is 5.75 Å². The number of rotatable bonds is 27. The fourth-order valence-electron chi connectivity index (χ4n) is 4.71. The second-order valence-electron chi connectivity index (χ2n) is 11.5. The maximum atomic E-state index is 12.4. The highest BCUT2D eigenvalue weighted by atomic mass is 31.2. The van der Waals surface area contributed by atoms with E-state index in [1.807, 2.05) is 31.2 Å². The molecule has 0 saturated carbocycles. The number of nitrogens with one attached hydrogen (secondary N) is 1. The standard InChI is InChI=1S/C32H58NO6P/c1-5-7-8-9-10-11-12-13-14-15-17-23-37-32-21-19-20-29(27-32)25-30(26-31(34)6-2)28-39-40(35,36)38-24-18-16-22-33(3)4/h19-21,27,30H,5-18,22-26,28H2,1-4H3,(H,35,36)/p+1. The fourth-order valence-corrected chi connectivity index (χ4v) is 5.54. The number of carbonyl (C=O) groups excluding carboxylic acids is 1. The van der Waals surface area contributed by atoms with Crippen LogP contribution in [0.2, 0.25) is 0 Å². The van der Waals surface area contributed by atoms with Gasteiger partial charge in [-0.25, -0.2) is 4.57 Å². The largest absolute Gasteiger partial charge is 0.494 e. The summed E-state index contributed by atoms with van der Waals surface area (Å²) in [5, 5.41) is 0. The molecule has 1 aromatic rings. The Labute approximate surface area is 245 Å². The van der Waals surface area contributed by atoms with Gasteiger partial charge in [0.15, 0.2) is 0 Å². The molecule has 0 bridgehead atoms. The Morgan fingerprint density at radius 2 is 1.50 bits per heavy atom. The van der Waals surface area contributed by atoms with Gasteiger partial charge in [-0.1, -0.05) is 90.2 Å². The minimum Gasteiger partial charge on any atom is -0.494 e. The number of benzene rings is 1. The van der Waals surface area contributed by atoms with Crippen molar-refractivity contribution in [1.82, 2.24) is 0 Å². The summed E-state index contributed by atoms with van der Waals surface area (Å²) in [7, 11) is -0.0178. The number of hydrogen-bond acceptors (Lipinski definition) is 5. The molecule has 1 aromatic carbocycles. The summed E-state index contributed by atoms with van der Waals surface area (Å²) in [6.45, 7) is 5.93. The molecule has 0 amide bonds. The molecule has 0 radical (unpaired) electrons. The zero-order chi connectivity index (χ0) is 29.5. The van der Waals surface area contributed by atoms with E-state index in [1.54, 1.807) is 0 Å². The molecule has 2 atom stereocenters. The van der Waals surface area contributed by atoms with E-state index in [9.17, 15) is 14.3 Å². The number of quaternary nitrogens is 1. The molecule has 0 heterocycles. The first-order valence-corrected chi connectivity index (χ1v) is 17.4. The summed E-state index contributed by atoms with van der Waals surface area (Å²) in [6, 6.07) is 7.92. The van der Waals surface area contributed by atoms with Gasteiger partial charge in [0.25, 0.3) is 0 Å². The Morgan fingerprint density at radius 3 is 2.12 bits per heavy atom. The van der Waals surface area contributed by atoms with Gasteiger partial charge in [-0.3, -0.25) is 13.8 Å². The molecule has 1 rings (SSSR count). The first-order valence-electron chi connectivity index (χ1n) is 15.9. The Kier molecular flexibility index (Phi) is 21.5. The van der Waals surface area contributed by atoms with E-state index in [0.29, 0.717) is 32.3 Å². The number of hydrogen-bond donors (Lipinski definition) is 2. The Hall–Kier alpha value is -1.24. The van der Waals surface area contributed by atoms with Crippen LogP contribution in [0.3, 0.4) is 0 Å². The molecule has 40 heavy (non-hydrogen) atoms. The van der Waals surface area contributed by atoms with Crippen LogP contribution in [0, 0.1) is 5.92 Å². The van der Waals surface area contributed by atoms with E-state index in [1.165, 1.54) is 69.1 Å². The van der Waals surface area contributed by atoms with Gasteiger partial charge in [0, 0.05) is 12.8 Å². The molecule has 2 N–H and O–H groups in total. The molecular weight excluding hydrogens is 525 g/mol. The van der Waals surface area contributed by atoms with Crippen molar-refractivity contribution in [1.29, 1.82) is 0 Å². The van der Waals surface area contributed by atoms with Crippen LogP contribution in [0.1, 0.15) is 116 Å². The molecule has 0 saturated heterocycles. The van der Waals surface area contributed by atoms with Crippen LogP contribution >= 0.6 is 7.82 Å². The van der Waals surface area contributed by atoms with Crippen LogP contribution in [-0.4, -0.2) is 51.1 Å². The Morgan fingerprint density at radius 1 is 0.875 bits per heavy atom. The number of phosphoric ester groups is 1. The van der Waals surface area contributed by atoms with Crippen LogP contribution in [0.25, 0.3) is 0 Å². The first kappa shape index (κ1) is 36.8. The van der Waals surface area contributed by atoms with Crippen molar-refractivity contribution in [2.75, 3.05) is 40.5 Å². The van der Waals surface area contributed by atoms with E-state index < -0.39 is 7.82 Å². The lowest BCUT2D eigenvalue weighted by atomic mass is 9.94. The van der Waals surface area contributed by atoms with Gasteiger partial charge < -0.3 is 14.5 Å². The van der Waals surface area contributed by atoms with Gasteiger partial charge >= 0.3 is 7.82 Å². The van der Waals surface area contributed by atoms with Crippen molar-refractivity contribution in [2.45, 2.75) is 117 Å². The smallest absolute Gasteiger partial charge is 0.472 e. The van der Waals surface area contributed by atoms with Gasteiger partial charge in [-0.2, -0.15) is 0 Å². The third-order valence-corrected chi connectivity index (χ3v) is 8.13. The van der Waals surface area contributed by atoms with Gasteiger partial charge in [0.2, 0.25) is 0 Å². The van der Waals surface area contributed by atoms with Crippen LogP contribution in [-0.2, 0) is 24.8 Å². The molecule has 0 aliphatic rings. The summed E-state index contributed by atoms with van der Waals surface area (Å²) in [4.78, 5) is 23.6. The SMILES string of the molecule is CCCCCCCCCCCCCOc1cccc(CC(COP(=O)(O)OCCCC[NH+](C)C)CC(=O)CC)c1. The van der Waals surface area contributed by atoms with E-state index in [-0.39, 0.29) is 24.9 Å². The summed E-state index contributed by atoms with van der Waals surface area (Å²) in [5.74, 6) is 0.718. The molecule has 0 aliphatic carbocycles. The molecule has 2 unspecified atom stereocenters. The van der Waals surface area contributed by atoms with Gasteiger partial charge in [-0.05, 0) is 49.3 Å². The number of ketones is 1. The first-order chi connectivity index (χ1) is 19.3. The second-order valence-corrected chi connectivity index (χ2v) is 12.9. The predicted octanol–water partition coefficient (Wildman–Crippen LogP) is 6.96. The second kappa shape index (κ2) is 23.3. The topological polar surface area (TPSA) is 86.5 Å². The highest BCUT2D eigenvalue weighted by molar-refractivity contribution is 7.47. The van der Waals surface area contributed by atoms with Crippen LogP contribution in [0.15, 0.2) is 24.3 Å². The molecule has 0 aromatic heterocycles. The Balaban J connectivity index is 2.40. The molecule has 232 valence electrons. The lowest BCUT2D eigenvalue weighted by molar-refractivity contribution is -0.858. The highest BCUT2D eigenvalue weighted by Gasteiger charge is 2.24. The lowest BCUT2D eigenvalue weighted by Crippen LogP contribution is -3.05. The quantitative estimate of drug-likeness (QED) is 0.0859. The number of Topliss-reactive ketones (excluding diaryl/α,β-unsaturated/α-hetero) is 1. The van der Waals surface area contributed by atoms with Crippen molar-refractivity contribution in [2.24, 2.45) is 5.92 Å². The summed E-state index contributed by atoms with van der Waals surface area (Å²) >= 11 is 0. The van der Waals surface area contributed by atoms with Crippen LogP contribution < -0.4 is 9.64 Å². The molecule has 7 nitrogen and oxygen atoms in total. The van der Waals surface area contributed by atoms with Gasteiger partial charge in [-0.15, -0.1) is 0 Å². The number of carbonyl (C=O) groups is 1. The van der Waals surface area contributed by atoms with Crippen LogP contribution in [0.4, 0.5) is 0 Å². The van der Waals surface area contributed by atoms with Gasteiger partial charge in [0.1, 0.15) is 11.5 Å². The molecule has 8 heteroatoms. The maximum absolute atomic E-state index is 12.4. The molecule has 0 aliphatic heterocycles. The van der Waals surface area contributed by atoms with Crippen molar-refractivity contribution in [3.63, 3.8) is 0 Å². The van der Waals surface area contributed by atoms with Gasteiger partial charge in [0.05, 0.1) is 40.5 Å². The van der Waals surface area contributed by atoms with Crippen molar-refractivity contribution >= 4 is 13.6 Å². The van der Waals surface area contributed by atoms with E-state index in [2.05, 4.69) is 21.0 Å². The number of unbranched alkanes of at least 4 members (excludes halogenated alkanes) is 11. The zero-order valence-corrected chi connectivity index (χ0v) is 26.9. The monoisotopic (exact) mass is 584 g/mol. The normalized spacial score (nSPS) is 13.8. The van der Waals surface area contributed by atoms with E-state index in [4.69, 9.17) is 13.8 Å². The van der Waals surface area contributed by atoms with Crippen molar-refractivity contribution in [3.05, 3.63) is 29.8 Å². The summed E-state index contributed by atoms with van der Waals surface area (Å²) < 4.78 is 28.8. The molecule has 0 fully saturated rings. The molecular formula is C32H59NO6P+. The summed E-state index contributed by atoms with van der Waals surface area (Å²) in [5.41, 5.74) is 1.02. The third kappa shape index (κ3) is 20.6. The van der Waals surface area contributed by atoms with E-state index >= 15 is 0 Å². The van der Waals surface area contributed by atoms with Crippen molar-refractivity contribution in [3.8, 4) is 5.75 Å². The van der Waals surface area contributed by atoms with Crippen molar-refractivity contribution < 1.29 is 32.9 Å². The summed E-state index contributed by atoms with van der Waals surface area (Å²) in [6.07, 6.45) is 17.3. The lowest BCUT2D eigenvalue weighted by Gasteiger charge is -2.19. The maximum Gasteiger partial charge on any atom is 0.472 e. The average molecular weight is 585 g/mol. The number of ether oxygens (including phenoxy) is 1. The third-order valence-electron chi connectivity index (χ3n) is 7.15. The molecule has 0 spiro atoms. The fraction of sp³-hybridized carbons (Fsp3) is 0.781. The number of phosphoric acid groups is 1. The highest BCUT2D eigenvalue weighted by Crippen LogP contribution is 2.44. The average Bonchev–Trinajstić information content (AvgIpc) is 2.92. The minimum absolute atomic E-state index is 0.00874. The van der Waals surface area contributed by atoms with E-state index in [0.717, 1.165) is 30.7 Å². The minimum atomic E-state index is -4.16.